The Kier molecular flexibility index (Phi) is 10.2. The molecule has 1 amide bonds. The molecule has 0 aliphatic carbocycles. The number of carbonyl (C=O) groups is 1. The summed E-state index contributed by atoms with van der Waals surface area (Å²) < 4.78 is 6.99. The Morgan fingerprint density at radius 1 is 0.947 bits per heavy atom. The highest BCUT2D eigenvalue weighted by Gasteiger charge is 2.14. The molecule has 0 saturated carbocycles. The summed E-state index contributed by atoms with van der Waals surface area (Å²) in [5.74, 6) is 0.397. The van der Waals surface area contributed by atoms with Crippen molar-refractivity contribution in [1.82, 2.24) is 24.8 Å². The van der Waals surface area contributed by atoms with Crippen molar-refractivity contribution in [2.45, 2.75) is 52.4 Å². The highest BCUT2D eigenvalue weighted by atomic mass is 16.5. The summed E-state index contributed by atoms with van der Waals surface area (Å²) in [4.78, 5) is 37.2. The third-order valence-corrected chi connectivity index (χ3v) is 6.96. The van der Waals surface area contributed by atoms with Gasteiger partial charge in [0.05, 0.1) is 24.6 Å². The fourth-order valence-electron chi connectivity index (χ4n) is 4.72. The Morgan fingerprint density at radius 2 is 1.68 bits per heavy atom. The molecule has 0 bridgehead atoms. The van der Waals surface area contributed by atoms with Crippen LogP contribution in [-0.4, -0.2) is 71.3 Å². The number of aromatic nitrogens is 3. The van der Waals surface area contributed by atoms with Crippen LogP contribution >= 0.6 is 0 Å². The number of amides is 1. The van der Waals surface area contributed by atoms with E-state index in [0.29, 0.717) is 35.9 Å². The van der Waals surface area contributed by atoms with Crippen molar-refractivity contribution < 1.29 is 9.53 Å². The first-order chi connectivity index (χ1) is 18.6. The number of aryl methyl sites for hydroxylation is 1. The Labute approximate surface area is 224 Å². The number of fused-ring (bicyclic) bond motifs is 1. The van der Waals surface area contributed by atoms with Crippen LogP contribution < -0.4 is 16.2 Å². The third-order valence-electron chi connectivity index (χ3n) is 6.96. The second kappa shape index (κ2) is 14.0. The van der Waals surface area contributed by atoms with Gasteiger partial charge in [0, 0.05) is 49.7 Å². The average Bonchev–Trinajstić information content (AvgIpc) is 2.93. The van der Waals surface area contributed by atoms with Crippen LogP contribution in [0.3, 0.4) is 0 Å². The maximum absolute atomic E-state index is 12.9. The smallest absolute Gasteiger partial charge is 0.256 e. The number of rotatable bonds is 13. The third kappa shape index (κ3) is 7.39. The molecule has 0 atom stereocenters. The van der Waals surface area contributed by atoms with E-state index in [4.69, 9.17) is 9.72 Å². The second-order valence-corrected chi connectivity index (χ2v) is 9.83. The molecule has 204 valence electrons. The average molecular weight is 521 g/mol. The molecule has 4 rings (SSSR count). The lowest BCUT2D eigenvalue weighted by Gasteiger charge is -2.26. The number of unbranched alkanes of at least 4 members (excludes halogenated alkanes) is 5. The summed E-state index contributed by atoms with van der Waals surface area (Å²) in [7, 11) is 0. The number of nitrogens with zero attached hydrogens (tertiary/aromatic N) is 4. The lowest BCUT2D eigenvalue weighted by Crippen LogP contribution is -2.39. The molecule has 0 radical (unpaired) electrons. The summed E-state index contributed by atoms with van der Waals surface area (Å²) in [5, 5.41) is 7.12. The van der Waals surface area contributed by atoms with Crippen LogP contribution in [0, 0.1) is 6.92 Å². The van der Waals surface area contributed by atoms with Crippen LogP contribution in [0.15, 0.2) is 41.2 Å². The van der Waals surface area contributed by atoms with E-state index in [1.54, 1.807) is 34.9 Å². The fourth-order valence-corrected chi connectivity index (χ4v) is 4.72. The van der Waals surface area contributed by atoms with Gasteiger partial charge in [-0.25, -0.2) is 4.98 Å². The normalized spacial score (nSPS) is 14.1. The lowest BCUT2D eigenvalue weighted by molar-refractivity contribution is 0.0398. The number of carbonyl (C=O) groups excluding carboxylic acids is 1. The largest absolute Gasteiger partial charge is 0.379 e. The van der Waals surface area contributed by atoms with Gasteiger partial charge in [0.15, 0.2) is 5.65 Å². The van der Waals surface area contributed by atoms with Crippen LogP contribution in [-0.2, 0) is 4.74 Å². The van der Waals surface area contributed by atoms with Crippen LogP contribution in [0.1, 0.15) is 61.5 Å². The molecular weight excluding hydrogens is 480 g/mol. The second-order valence-electron chi connectivity index (χ2n) is 9.83. The number of hydrogen-bond acceptors (Lipinski definition) is 7. The van der Waals surface area contributed by atoms with Crippen molar-refractivity contribution in [3.05, 3.63) is 58.0 Å². The molecule has 1 aliphatic rings. The SMILES string of the molecule is CCCCCCCCNC(=O)c1ccc(-n2c(=O)ccc3c(C)nc(NCCN4CCOCC4)nc32)cc1. The number of nitrogens with one attached hydrogen (secondary N) is 2. The molecule has 2 N–H and O–H groups in total. The van der Waals surface area contributed by atoms with Crippen molar-refractivity contribution in [2.75, 3.05) is 51.3 Å². The quantitative estimate of drug-likeness (QED) is 0.329. The van der Waals surface area contributed by atoms with E-state index in [0.717, 1.165) is 56.8 Å². The Morgan fingerprint density at radius 3 is 2.45 bits per heavy atom. The first kappa shape index (κ1) is 27.7. The van der Waals surface area contributed by atoms with Crippen LogP contribution in [0.25, 0.3) is 16.7 Å². The minimum atomic E-state index is -0.185. The lowest BCUT2D eigenvalue weighted by atomic mass is 10.1. The molecule has 9 heteroatoms. The summed E-state index contributed by atoms with van der Waals surface area (Å²) in [6, 6.07) is 10.4. The molecule has 0 spiro atoms. The van der Waals surface area contributed by atoms with E-state index in [1.165, 1.54) is 31.7 Å². The number of ether oxygens (including phenoxy) is 1. The maximum Gasteiger partial charge on any atom is 0.256 e. The van der Waals surface area contributed by atoms with Gasteiger partial charge < -0.3 is 15.4 Å². The summed E-state index contributed by atoms with van der Waals surface area (Å²) >= 11 is 0. The molecule has 1 saturated heterocycles. The monoisotopic (exact) mass is 520 g/mol. The molecular formula is C29H40N6O3. The molecule has 0 unspecified atom stereocenters. The standard InChI is InChI=1S/C29H40N6O3/c1-3-4-5-6-7-8-15-30-28(37)23-9-11-24(12-10-23)35-26(36)14-13-25-22(2)32-29(33-27(25)35)31-16-17-34-18-20-38-21-19-34/h9-14H,3-8,15-21H2,1-2H3,(H,30,37)(H,31,32,33). The molecule has 2 aromatic heterocycles. The minimum absolute atomic E-state index is 0.0969. The first-order valence-corrected chi connectivity index (χ1v) is 13.9. The predicted molar refractivity (Wildman–Crippen MR) is 151 cm³/mol. The van der Waals surface area contributed by atoms with Gasteiger partial charge in [0.1, 0.15) is 0 Å². The van der Waals surface area contributed by atoms with Gasteiger partial charge in [0.25, 0.3) is 11.5 Å². The van der Waals surface area contributed by atoms with Gasteiger partial charge in [-0.2, -0.15) is 4.98 Å². The number of morpholine rings is 1. The Bertz CT molecular complexity index is 1250. The molecule has 3 aromatic rings. The van der Waals surface area contributed by atoms with Gasteiger partial charge in [-0.05, 0) is 43.7 Å². The molecule has 1 aromatic carbocycles. The van der Waals surface area contributed by atoms with Gasteiger partial charge in [-0.1, -0.05) is 39.0 Å². The zero-order valence-corrected chi connectivity index (χ0v) is 22.7. The number of benzene rings is 1. The van der Waals surface area contributed by atoms with Gasteiger partial charge in [-0.3, -0.25) is 19.1 Å². The molecule has 1 aliphatic heterocycles. The Balaban J connectivity index is 1.44. The summed E-state index contributed by atoms with van der Waals surface area (Å²) in [6.45, 7) is 9.74. The minimum Gasteiger partial charge on any atom is -0.379 e. The molecule has 3 heterocycles. The molecule has 38 heavy (non-hydrogen) atoms. The maximum atomic E-state index is 12.9. The number of anilines is 1. The predicted octanol–water partition coefficient (Wildman–Crippen LogP) is 3.92. The highest BCUT2D eigenvalue weighted by Crippen LogP contribution is 2.19. The summed E-state index contributed by atoms with van der Waals surface area (Å²) in [5.41, 5.74) is 2.38. The van der Waals surface area contributed by atoms with Crippen LogP contribution in [0.4, 0.5) is 5.95 Å². The Hall–Kier alpha value is -3.30. The van der Waals surface area contributed by atoms with Crippen molar-refractivity contribution >= 4 is 22.9 Å². The zero-order chi connectivity index (χ0) is 26.7. The zero-order valence-electron chi connectivity index (χ0n) is 22.7. The van der Waals surface area contributed by atoms with E-state index in [2.05, 4.69) is 27.4 Å². The van der Waals surface area contributed by atoms with Crippen molar-refractivity contribution in [3.8, 4) is 5.69 Å². The molecule has 9 nitrogen and oxygen atoms in total. The number of pyridine rings is 1. The van der Waals surface area contributed by atoms with E-state index in [9.17, 15) is 9.59 Å². The van der Waals surface area contributed by atoms with Gasteiger partial charge in [0.2, 0.25) is 5.95 Å². The van der Waals surface area contributed by atoms with E-state index in [-0.39, 0.29) is 11.5 Å². The van der Waals surface area contributed by atoms with Crippen LogP contribution in [0.5, 0.6) is 0 Å². The van der Waals surface area contributed by atoms with Crippen molar-refractivity contribution in [2.24, 2.45) is 0 Å². The van der Waals surface area contributed by atoms with Crippen molar-refractivity contribution in [1.29, 1.82) is 0 Å². The summed E-state index contributed by atoms with van der Waals surface area (Å²) in [6.07, 6.45) is 7.10. The molecule has 1 fully saturated rings. The van der Waals surface area contributed by atoms with Crippen molar-refractivity contribution in [3.63, 3.8) is 0 Å². The topological polar surface area (TPSA) is 101 Å². The van der Waals surface area contributed by atoms with E-state index in [1.807, 2.05) is 6.92 Å². The van der Waals surface area contributed by atoms with Gasteiger partial charge in [-0.15, -0.1) is 0 Å². The van der Waals surface area contributed by atoms with E-state index >= 15 is 0 Å². The number of hydrogen-bond donors (Lipinski definition) is 2. The van der Waals surface area contributed by atoms with E-state index < -0.39 is 0 Å². The highest BCUT2D eigenvalue weighted by molar-refractivity contribution is 5.94. The van der Waals surface area contributed by atoms with Crippen LogP contribution in [0.2, 0.25) is 0 Å². The first-order valence-electron chi connectivity index (χ1n) is 13.9. The van der Waals surface area contributed by atoms with Gasteiger partial charge >= 0.3 is 0 Å². The fraction of sp³-hybridized carbons (Fsp3) is 0.517.